The number of hydrogen-bond acceptors (Lipinski definition) is 3. The molecule has 1 amide bonds. The Morgan fingerprint density at radius 3 is 3.00 bits per heavy atom. The number of carbonyl (C=O) groups excluding carboxylic acids is 1. The van der Waals surface area contributed by atoms with Gasteiger partial charge in [-0.15, -0.1) is 0 Å². The maximum absolute atomic E-state index is 11.9. The van der Waals surface area contributed by atoms with E-state index < -0.39 is 5.97 Å². The van der Waals surface area contributed by atoms with E-state index in [-0.39, 0.29) is 24.3 Å². The lowest BCUT2D eigenvalue weighted by atomic mass is 9.80. The molecule has 0 aromatic carbocycles. The monoisotopic (exact) mass is 273 g/mol. The summed E-state index contributed by atoms with van der Waals surface area (Å²) in [6, 6.07) is 3.75. The lowest BCUT2D eigenvalue weighted by Crippen LogP contribution is -2.47. The standard InChI is InChI=1S/C14H15N3O3/c18-12(17-10-4-8(5-10)14(19)20)6-9-7-16-13-11(9)2-1-3-15-13/h1-3,7-8,10H,4-6H2,(H,15,16)(H,17,18)(H,19,20). The van der Waals surface area contributed by atoms with Crippen LogP contribution in [0.15, 0.2) is 24.5 Å². The third kappa shape index (κ3) is 2.36. The molecule has 0 radical (unpaired) electrons. The summed E-state index contributed by atoms with van der Waals surface area (Å²) in [5, 5.41) is 12.6. The minimum atomic E-state index is -0.779. The number of pyridine rings is 1. The molecule has 0 aliphatic heterocycles. The van der Waals surface area contributed by atoms with Gasteiger partial charge in [0.05, 0.1) is 12.3 Å². The van der Waals surface area contributed by atoms with Crippen LogP contribution in [0.5, 0.6) is 0 Å². The maximum Gasteiger partial charge on any atom is 0.306 e. The molecular weight excluding hydrogens is 258 g/mol. The van der Waals surface area contributed by atoms with Gasteiger partial charge in [-0.25, -0.2) is 4.98 Å². The zero-order chi connectivity index (χ0) is 14.1. The largest absolute Gasteiger partial charge is 0.481 e. The van der Waals surface area contributed by atoms with Crippen LogP contribution < -0.4 is 5.32 Å². The second-order valence-corrected chi connectivity index (χ2v) is 5.16. The van der Waals surface area contributed by atoms with Crippen LogP contribution in [0.3, 0.4) is 0 Å². The van der Waals surface area contributed by atoms with Gasteiger partial charge in [0.1, 0.15) is 5.65 Å². The first-order valence-electron chi connectivity index (χ1n) is 6.56. The number of nitrogens with zero attached hydrogens (tertiary/aromatic N) is 1. The molecule has 6 heteroatoms. The molecule has 0 unspecified atom stereocenters. The Hall–Kier alpha value is -2.37. The molecule has 104 valence electrons. The van der Waals surface area contributed by atoms with Crippen molar-refractivity contribution in [1.82, 2.24) is 15.3 Å². The summed E-state index contributed by atoms with van der Waals surface area (Å²) in [5.74, 6) is -1.17. The fourth-order valence-electron chi connectivity index (χ4n) is 2.55. The molecule has 0 atom stereocenters. The number of hydrogen-bond donors (Lipinski definition) is 3. The van der Waals surface area contributed by atoms with Crippen LogP contribution in [0, 0.1) is 5.92 Å². The Labute approximate surface area is 115 Å². The van der Waals surface area contributed by atoms with Gasteiger partial charge >= 0.3 is 5.97 Å². The van der Waals surface area contributed by atoms with Crippen molar-refractivity contribution in [1.29, 1.82) is 0 Å². The lowest BCUT2D eigenvalue weighted by Gasteiger charge is -2.32. The number of aromatic nitrogens is 2. The molecule has 2 heterocycles. The minimum Gasteiger partial charge on any atom is -0.481 e. The van der Waals surface area contributed by atoms with E-state index in [4.69, 9.17) is 5.11 Å². The van der Waals surface area contributed by atoms with E-state index in [1.165, 1.54) is 0 Å². The van der Waals surface area contributed by atoms with Crippen LogP contribution in [0.25, 0.3) is 11.0 Å². The van der Waals surface area contributed by atoms with Crippen LogP contribution in [-0.4, -0.2) is 33.0 Å². The Bertz CT molecular complexity index is 658. The third-order valence-electron chi connectivity index (χ3n) is 3.74. The van der Waals surface area contributed by atoms with Crippen molar-refractivity contribution in [3.05, 3.63) is 30.1 Å². The molecule has 3 rings (SSSR count). The number of carboxylic acids is 1. The van der Waals surface area contributed by atoms with Crippen LogP contribution in [0.4, 0.5) is 0 Å². The first-order valence-corrected chi connectivity index (χ1v) is 6.56. The number of amides is 1. The molecular formula is C14H15N3O3. The molecule has 0 bridgehead atoms. The molecule has 1 aliphatic rings. The topological polar surface area (TPSA) is 95.1 Å². The molecule has 1 saturated carbocycles. The number of carbonyl (C=O) groups is 2. The number of fused-ring (bicyclic) bond motifs is 1. The number of rotatable bonds is 4. The normalized spacial score (nSPS) is 21.4. The van der Waals surface area contributed by atoms with Gasteiger partial charge in [-0.05, 0) is 30.5 Å². The summed E-state index contributed by atoms with van der Waals surface area (Å²) in [4.78, 5) is 29.8. The average Bonchev–Trinajstić information content (AvgIpc) is 2.76. The Balaban J connectivity index is 1.58. The molecule has 1 aliphatic carbocycles. The summed E-state index contributed by atoms with van der Waals surface area (Å²) >= 11 is 0. The number of aliphatic carboxylic acids is 1. The molecule has 0 spiro atoms. The van der Waals surface area contributed by atoms with E-state index in [1.807, 2.05) is 12.1 Å². The number of aromatic amines is 1. The average molecular weight is 273 g/mol. The van der Waals surface area contributed by atoms with Crippen LogP contribution in [0.1, 0.15) is 18.4 Å². The Morgan fingerprint density at radius 2 is 2.25 bits per heavy atom. The van der Waals surface area contributed by atoms with Gasteiger partial charge in [0, 0.05) is 23.8 Å². The van der Waals surface area contributed by atoms with Crippen molar-refractivity contribution in [3.8, 4) is 0 Å². The fourth-order valence-corrected chi connectivity index (χ4v) is 2.55. The van der Waals surface area contributed by atoms with E-state index in [9.17, 15) is 9.59 Å². The molecule has 0 saturated heterocycles. The molecule has 20 heavy (non-hydrogen) atoms. The molecule has 6 nitrogen and oxygen atoms in total. The van der Waals surface area contributed by atoms with Gasteiger partial charge in [-0.1, -0.05) is 0 Å². The first-order chi connectivity index (χ1) is 9.63. The summed E-state index contributed by atoms with van der Waals surface area (Å²) in [6.07, 6.45) is 4.81. The van der Waals surface area contributed by atoms with Crippen LogP contribution in [-0.2, 0) is 16.0 Å². The molecule has 1 fully saturated rings. The second kappa shape index (κ2) is 4.96. The van der Waals surface area contributed by atoms with Gasteiger partial charge in [0.25, 0.3) is 0 Å². The predicted molar refractivity (Wildman–Crippen MR) is 72.1 cm³/mol. The smallest absolute Gasteiger partial charge is 0.306 e. The van der Waals surface area contributed by atoms with Gasteiger partial charge in [-0.2, -0.15) is 0 Å². The van der Waals surface area contributed by atoms with Crippen LogP contribution in [0.2, 0.25) is 0 Å². The van der Waals surface area contributed by atoms with E-state index in [0.717, 1.165) is 16.6 Å². The van der Waals surface area contributed by atoms with Crippen molar-refractivity contribution in [2.75, 3.05) is 0 Å². The van der Waals surface area contributed by atoms with E-state index >= 15 is 0 Å². The van der Waals surface area contributed by atoms with Crippen molar-refractivity contribution < 1.29 is 14.7 Å². The minimum absolute atomic E-state index is 0.00747. The molecule has 2 aromatic heterocycles. The van der Waals surface area contributed by atoms with Crippen molar-refractivity contribution in [3.63, 3.8) is 0 Å². The highest BCUT2D eigenvalue weighted by atomic mass is 16.4. The zero-order valence-electron chi connectivity index (χ0n) is 10.8. The maximum atomic E-state index is 11.9. The van der Waals surface area contributed by atoms with Crippen LogP contribution >= 0.6 is 0 Å². The zero-order valence-corrected chi connectivity index (χ0v) is 10.8. The van der Waals surface area contributed by atoms with Gasteiger partial charge in [0.15, 0.2) is 0 Å². The summed E-state index contributed by atoms with van der Waals surface area (Å²) in [7, 11) is 0. The summed E-state index contributed by atoms with van der Waals surface area (Å²) in [6.45, 7) is 0. The summed E-state index contributed by atoms with van der Waals surface area (Å²) < 4.78 is 0. The Morgan fingerprint density at radius 1 is 1.45 bits per heavy atom. The summed E-state index contributed by atoms with van der Waals surface area (Å²) in [5.41, 5.74) is 1.67. The highest BCUT2D eigenvalue weighted by molar-refractivity contribution is 5.87. The van der Waals surface area contributed by atoms with Gasteiger partial charge in [0.2, 0.25) is 5.91 Å². The van der Waals surface area contributed by atoms with Crippen molar-refractivity contribution >= 4 is 22.9 Å². The fraction of sp³-hybridized carbons (Fsp3) is 0.357. The number of nitrogens with one attached hydrogen (secondary N) is 2. The highest BCUT2D eigenvalue weighted by Crippen LogP contribution is 2.27. The predicted octanol–water partition coefficient (Wildman–Crippen LogP) is 1.08. The van der Waals surface area contributed by atoms with Gasteiger partial charge in [-0.3, -0.25) is 9.59 Å². The number of H-pyrrole nitrogens is 1. The number of carboxylic acid groups (broad SMARTS) is 1. The van der Waals surface area contributed by atoms with E-state index in [0.29, 0.717) is 12.8 Å². The van der Waals surface area contributed by atoms with E-state index in [2.05, 4.69) is 15.3 Å². The highest BCUT2D eigenvalue weighted by Gasteiger charge is 2.35. The van der Waals surface area contributed by atoms with E-state index in [1.54, 1.807) is 12.4 Å². The van der Waals surface area contributed by atoms with Crippen molar-refractivity contribution in [2.24, 2.45) is 5.92 Å². The van der Waals surface area contributed by atoms with Gasteiger partial charge < -0.3 is 15.4 Å². The first kappa shape index (κ1) is 12.7. The quantitative estimate of drug-likeness (QED) is 0.777. The third-order valence-corrected chi connectivity index (χ3v) is 3.74. The molecule has 2 aromatic rings. The lowest BCUT2D eigenvalue weighted by molar-refractivity contribution is -0.146. The van der Waals surface area contributed by atoms with Crippen molar-refractivity contribution in [2.45, 2.75) is 25.3 Å². The Kier molecular flexibility index (Phi) is 3.14. The SMILES string of the molecule is O=C(Cc1c[nH]c2ncccc12)NC1CC(C(=O)O)C1. The second-order valence-electron chi connectivity index (χ2n) is 5.16. The molecule has 3 N–H and O–H groups in total.